The minimum Gasteiger partial charge on any atom is -0.298 e. The predicted molar refractivity (Wildman–Crippen MR) is 48.4 cm³/mol. The molecule has 0 unspecified atom stereocenters. The summed E-state index contributed by atoms with van der Waals surface area (Å²) in [6, 6.07) is 1.07. The Morgan fingerprint density at radius 1 is 1.19 bits per heavy atom. The van der Waals surface area contributed by atoms with Crippen molar-refractivity contribution in [1.82, 2.24) is 0 Å². The summed E-state index contributed by atoms with van der Waals surface area (Å²) < 4.78 is 53.3. The number of rotatable bonds is 3. The summed E-state index contributed by atoms with van der Waals surface area (Å²) in [5.41, 5.74) is -1.51. The minimum atomic E-state index is -3.22. The first-order chi connectivity index (χ1) is 7.46. The average molecular weight is 232 g/mol. The number of halogens is 4. The zero-order chi connectivity index (χ0) is 11.9. The molecule has 1 aliphatic carbocycles. The lowest BCUT2D eigenvalue weighted by atomic mass is 10.0. The lowest BCUT2D eigenvalue weighted by Crippen LogP contribution is -2.17. The highest BCUT2D eigenvalue weighted by Gasteiger charge is 2.48. The van der Waals surface area contributed by atoms with E-state index in [1.807, 2.05) is 0 Å². The highest BCUT2D eigenvalue weighted by atomic mass is 19.3. The van der Waals surface area contributed by atoms with Gasteiger partial charge in [-0.3, -0.25) is 4.79 Å². The van der Waals surface area contributed by atoms with E-state index in [0.29, 0.717) is 25.0 Å². The Kier molecular flexibility index (Phi) is 2.48. The van der Waals surface area contributed by atoms with E-state index in [0.717, 1.165) is 0 Å². The topological polar surface area (TPSA) is 17.1 Å². The Balaban J connectivity index is 2.47. The molecule has 0 radical (unpaired) electrons. The van der Waals surface area contributed by atoms with Gasteiger partial charge in [-0.15, -0.1) is 0 Å². The van der Waals surface area contributed by atoms with Crippen molar-refractivity contribution in [2.45, 2.75) is 18.8 Å². The predicted octanol–water partition coefficient (Wildman–Crippen LogP) is 3.28. The van der Waals surface area contributed by atoms with Crippen LogP contribution >= 0.6 is 0 Å². The molecule has 0 aliphatic heterocycles. The largest absolute Gasteiger partial charge is 0.298 e. The molecule has 0 atom stereocenters. The maximum Gasteiger partial charge on any atom is 0.276 e. The van der Waals surface area contributed by atoms with Crippen molar-refractivity contribution >= 4 is 6.29 Å². The monoisotopic (exact) mass is 232 g/mol. The van der Waals surface area contributed by atoms with Gasteiger partial charge in [-0.05, 0) is 25.0 Å². The molecule has 0 saturated heterocycles. The van der Waals surface area contributed by atoms with Gasteiger partial charge in [0.1, 0.15) is 11.6 Å². The number of hydrogen-bond acceptors (Lipinski definition) is 1. The normalized spacial score (nSPS) is 16.2. The van der Waals surface area contributed by atoms with Crippen LogP contribution in [0.25, 0.3) is 0 Å². The van der Waals surface area contributed by atoms with Crippen LogP contribution < -0.4 is 0 Å². The third-order valence-corrected chi connectivity index (χ3v) is 2.67. The molecule has 1 fully saturated rings. The molecule has 0 N–H and O–H groups in total. The van der Waals surface area contributed by atoms with Crippen LogP contribution in [0.4, 0.5) is 17.6 Å². The summed E-state index contributed by atoms with van der Waals surface area (Å²) in [6.07, 6.45) is 0.682. The first-order valence-corrected chi connectivity index (χ1v) is 4.79. The Bertz CT molecular complexity index is 415. The molecule has 2 rings (SSSR count). The van der Waals surface area contributed by atoms with Gasteiger partial charge in [0, 0.05) is 11.5 Å². The van der Waals surface area contributed by atoms with Gasteiger partial charge in [-0.25, -0.2) is 17.6 Å². The highest BCUT2D eigenvalue weighted by molar-refractivity contribution is 5.75. The molecular weight excluding hydrogens is 224 g/mol. The van der Waals surface area contributed by atoms with E-state index in [-0.39, 0.29) is 6.29 Å². The number of carbonyl (C=O) groups excluding carboxylic acids is 1. The number of aldehydes is 1. The first kappa shape index (κ1) is 11.1. The molecule has 1 nitrogen and oxygen atoms in total. The fourth-order valence-corrected chi connectivity index (χ4v) is 1.57. The second kappa shape index (κ2) is 3.57. The van der Waals surface area contributed by atoms with Crippen LogP contribution in [0.15, 0.2) is 12.1 Å². The molecule has 0 amide bonds. The number of carbonyl (C=O) groups is 1. The molecule has 1 saturated carbocycles. The summed E-state index contributed by atoms with van der Waals surface area (Å²) in [7, 11) is 0. The van der Waals surface area contributed by atoms with Gasteiger partial charge in [0.05, 0.1) is 5.56 Å². The summed E-state index contributed by atoms with van der Waals surface area (Å²) in [6.45, 7) is 0. The van der Waals surface area contributed by atoms with Crippen molar-refractivity contribution in [3.05, 3.63) is 34.9 Å². The number of hydrogen-bond donors (Lipinski definition) is 0. The third kappa shape index (κ3) is 1.70. The van der Waals surface area contributed by atoms with Crippen molar-refractivity contribution < 1.29 is 22.4 Å². The molecule has 0 bridgehead atoms. The van der Waals surface area contributed by atoms with Crippen LogP contribution in [-0.2, 0) is 5.92 Å². The molecule has 1 aromatic carbocycles. The lowest BCUT2D eigenvalue weighted by Gasteiger charge is -2.16. The standard InChI is InChI=1S/C11H8F4O/c12-9-3-7(4-10(13)8(9)5-16)11(14,15)6-1-2-6/h3-6H,1-2H2. The van der Waals surface area contributed by atoms with Crippen LogP contribution in [-0.4, -0.2) is 6.29 Å². The van der Waals surface area contributed by atoms with Gasteiger partial charge in [-0.1, -0.05) is 0 Å². The summed E-state index contributed by atoms with van der Waals surface area (Å²) >= 11 is 0. The summed E-state index contributed by atoms with van der Waals surface area (Å²) in [5.74, 6) is -6.55. The minimum absolute atomic E-state index is 0.0241. The molecule has 1 aromatic rings. The average Bonchev–Trinajstić information content (AvgIpc) is 3.00. The van der Waals surface area contributed by atoms with E-state index in [2.05, 4.69) is 0 Å². The third-order valence-electron chi connectivity index (χ3n) is 2.67. The van der Waals surface area contributed by atoms with Gasteiger partial charge in [0.15, 0.2) is 6.29 Å². The fraction of sp³-hybridized carbons (Fsp3) is 0.364. The van der Waals surface area contributed by atoms with E-state index in [4.69, 9.17) is 0 Å². The van der Waals surface area contributed by atoms with Gasteiger partial charge < -0.3 is 0 Å². The molecule has 1 aliphatic rings. The van der Waals surface area contributed by atoms with Gasteiger partial charge in [-0.2, -0.15) is 0 Å². The quantitative estimate of drug-likeness (QED) is 0.577. The lowest BCUT2D eigenvalue weighted by molar-refractivity contribution is -0.0291. The molecule has 16 heavy (non-hydrogen) atoms. The molecule has 0 aromatic heterocycles. The number of benzene rings is 1. The van der Waals surface area contributed by atoms with E-state index >= 15 is 0 Å². The molecule has 5 heteroatoms. The van der Waals surface area contributed by atoms with Crippen LogP contribution in [0.2, 0.25) is 0 Å². The van der Waals surface area contributed by atoms with E-state index in [1.54, 1.807) is 0 Å². The Hall–Kier alpha value is -1.39. The Morgan fingerprint density at radius 3 is 2.06 bits per heavy atom. The van der Waals surface area contributed by atoms with Crippen molar-refractivity contribution in [1.29, 1.82) is 0 Å². The maximum atomic E-state index is 13.5. The molecule has 0 spiro atoms. The van der Waals surface area contributed by atoms with Crippen molar-refractivity contribution in [2.24, 2.45) is 5.92 Å². The Morgan fingerprint density at radius 2 is 1.69 bits per heavy atom. The van der Waals surface area contributed by atoms with Crippen LogP contribution in [0.3, 0.4) is 0 Å². The maximum absolute atomic E-state index is 13.5. The van der Waals surface area contributed by atoms with E-state index in [9.17, 15) is 22.4 Å². The summed E-state index contributed by atoms with van der Waals surface area (Å²) in [4.78, 5) is 10.3. The van der Waals surface area contributed by atoms with Crippen molar-refractivity contribution in [3.8, 4) is 0 Å². The zero-order valence-electron chi connectivity index (χ0n) is 8.14. The van der Waals surface area contributed by atoms with Gasteiger partial charge >= 0.3 is 0 Å². The zero-order valence-corrected chi connectivity index (χ0v) is 8.14. The second-order valence-electron chi connectivity index (χ2n) is 3.87. The molecule has 0 heterocycles. The number of alkyl halides is 2. The Labute approximate surface area is 89.1 Å². The fourth-order valence-electron chi connectivity index (χ4n) is 1.57. The van der Waals surface area contributed by atoms with Gasteiger partial charge in [0.2, 0.25) is 0 Å². The SMILES string of the molecule is O=Cc1c(F)cc(C(F)(F)C2CC2)cc1F. The molecule has 86 valence electrons. The highest BCUT2D eigenvalue weighted by Crippen LogP contribution is 2.49. The second-order valence-corrected chi connectivity index (χ2v) is 3.87. The van der Waals surface area contributed by atoms with Crippen LogP contribution in [0.1, 0.15) is 28.8 Å². The molecular formula is C11H8F4O. The van der Waals surface area contributed by atoms with Crippen molar-refractivity contribution in [2.75, 3.05) is 0 Å². The smallest absolute Gasteiger partial charge is 0.276 e. The first-order valence-electron chi connectivity index (χ1n) is 4.79. The van der Waals surface area contributed by atoms with E-state index in [1.165, 1.54) is 0 Å². The van der Waals surface area contributed by atoms with Gasteiger partial charge in [0.25, 0.3) is 5.92 Å². The van der Waals surface area contributed by atoms with Crippen LogP contribution in [0, 0.1) is 17.6 Å². The van der Waals surface area contributed by atoms with Crippen LogP contribution in [0.5, 0.6) is 0 Å². The van der Waals surface area contributed by atoms with E-state index < -0.39 is 34.6 Å². The van der Waals surface area contributed by atoms with Crippen molar-refractivity contribution in [3.63, 3.8) is 0 Å². The summed E-state index contributed by atoms with van der Waals surface area (Å²) in [5, 5.41) is 0.